The lowest BCUT2D eigenvalue weighted by atomic mass is 10.0. The summed E-state index contributed by atoms with van der Waals surface area (Å²) in [7, 11) is 0. The van der Waals surface area contributed by atoms with E-state index in [4.69, 9.17) is 4.74 Å². The predicted octanol–water partition coefficient (Wildman–Crippen LogP) is 4.22. The number of aromatic nitrogens is 1. The number of nitrogens with one attached hydrogen (secondary N) is 1. The van der Waals surface area contributed by atoms with Crippen LogP contribution < -0.4 is 10.1 Å². The molecule has 4 rings (SSSR count). The second-order valence-corrected chi connectivity index (χ2v) is 8.80. The minimum absolute atomic E-state index is 0.0311. The van der Waals surface area contributed by atoms with Gasteiger partial charge in [0.1, 0.15) is 5.75 Å². The van der Waals surface area contributed by atoms with Crippen molar-refractivity contribution in [3.05, 3.63) is 23.5 Å². The fourth-order valence-electron chi connectivity index (χ4n) is 4.59. The van der Waals surface area contributed by atoms with E-state index in [-0.39, 0.29) is 24.1 Å². The van der Waals surface area contributed by atoms with Crippen LogP contribution in [-0.4, -0.2) is 54.0 Å². The molecule has 6 nitrogen and oxygen atoms in total. The highest BCUT2D eigenvalue weighted by Crippen LogP contribution is 2.31. The van der Waals surface area contributed by atoms with Crippen LogP contribution in [0.3, 0.4) is 0 Å². The van der Waals surface area contributed by atoms with Gasteiger partial charge in [0, 0.05) is 56.4 Å². The van der Waals surface area contributed by atoms with Crippen LogP contribution in [0, 0.1) is 5.92 Å². The molecule has 2 fully saturated rings. The third-order valence-electron chi connectivity index (χ3n) is 6.03. The second-order valence-electron chi connectivity index (χ2n) is 8.80. The standard InChI is InChI=1S/C20H26F3N3O3.C3H8/c21-20(22,23)29-17-10-14-12-26(6-3-18(14)24-11-17)19(27)13-1-2-16(9-13)25-15-4-7-28-8-5-15;1-3-2/h10-11,13,15-16,25H,1-9,12H2;3H2,1-2H3. The summed E-state index contributed by atoms with van der Waals surface area (Å²) in [6, 6.07) is 2.15. The van der Waals surface area contributed by atoms with Crippen molar-refractivity contribution in [1.29, 1.82) is 0 Å². The molecule has 9 heteroatoms. The first kappa shape index (κ1) is 24.8. The predicted molar refractivity (Wildman–Crippen MR) is 114 cm³/mol. The van der Waals surface area contributed by atoms with E-state index >= 15 is 0 Å². The van der Waals surface area contributed by atoms with Gasteiger partial charge in [0.05, 0.1) is 6.20 Å². The van der Waals surface area contributed by atoms with Gasteiger partial charge >= 0.3 is 6.36 Å². The van der Waals surface area contributed by atoms with E-state index in [2.05, 4.69) is 28.9 Å². The number of carbonyl (C=O) groups is 1. The zero-order valence-corrected chi connectivity index (χ0v) is 18.9. The maximum absolute atomic E-state index is 13.0. The molecular formula is C23H34F3N3O3. The minimum Gasteiger partial charge on any atom is -0.404 e. The summed E-state index contributed by atoms with van der Waals surface area (Å²) in [5.74, 6) is -0.280. The Hall–Kier alpha value is -1.87. The van der Waals surface area contributed by atoms with Gasteiger partial charge in [0.2, 0.25) is 5.91 Å². The molecule has 2 atom stereocenters. The lowest BCUT2D eigenvalue weighted by Gasteiger charge is -2.31. The van der Waals surface area contributed by atoms with E-state index < -0.39 is 6.36 Å². The Morgan fingerprint density at radius 3 is 2.62 bits per heavy atom. The van der Waals surface area contributed by atoms with Crippen molar-refractivity contribution < 1.29 is 27.4 Å². The van der Waals surface area contributed by atoms with E-state index in [1.165, 1.54) is 12.5 Å². The summed E-state index contributed by atoms with van der Waals surface area (Å²) in [6.45, 7) is 6.65. The Labute approximate surface area is 187 Å². The van der Waals surface area contributed by atoms with E-state index in [1.807, 2.05) is 0 Å². The molecule has 1 saturated heterocycles. The van der Waals surface area contributed by atoms with E-state index in [0.717, 1.165) is 57.2 Å². The monoisotopic (exact) mass is 457 g/mol. The third kappa shape index (κ3) is 7.07. The molecular weight excluding hydrogens is 423 g/mol. The largest absolute Gasteiger partial charge is 0.573 e. The lowest BCUT2D eigenvalue weighted by Crippen LogP contribution is -2.42. The lowest BCUT2D eigenvalue weighted by molar-refractivity contribution is -0.274. The molecule has 1 aromatic heterocycles. The number of pyridine rings is 1. The van der Waals surface area contributed by atoms with Gasteiger partial charge in [-0.2, -0.15) is 0 Å². The van der Waals surface area contributed by atoms with E-state index in [9.17, 15) is 18.0 Å². The SMILES string of the molecule is CCC.O=C(C1CCC(NC2CCOCC2)C1)N1CCc2ncc(OC(F)(F)F)cc2C1. The number of hydrogen-bond acceptors (Lipinski definition) is 5. The Morgan fingerprint density at radius 2 is 1.94 bits per heavy atom. The van der Waals surface area contributed by atoms with Gasteiger partial charge in [-0.05, 0) is 43.7 Å². The Kier molecular flexibility index (Phi) is 8.76. The summed E-state index contributed by atoms with van der Waals surface area (Å²) in [6.07, 6.45) is 2.78. The van der Waals surface area contributed by atoms with Gasteiger partial charge in [0.25, 0.3) is 0 Å². The first-order valence-corrected chi connectivity index (χ1v) is 11.6. The van der Waals surface area contributed by atoms with Crippen LogP contribution in [0.1, 0.15) is 63.6 Å². The van der Waals surface area contributed by atoms with Gasteiger partial charge in [0.15, 0.2) is 0 Å². The highest BCUT2D eigenvalue weighted by atomic mass is 19.4. The third-order valence-corrected chi connectivity index (χ3v) is 6.03. The van der Waals surface area contributed by atoms with Crippen molar-refractivity contribution in [2.45, 2.75) is 83.8 Å². The summed E-state index contributed by atoms with van der Waals surface area (Å²) in [5.41, 5.74) is 1.36. The number of ether oxygens (including phenoxy) is 2. The van der Waals surface area contributed by atoms with Gasteiger partial charge in [-0.3, -0.25) is 9.78 Å². The Morgan fingerprint density at radius 1 is 1.22 bits per heavy atom. The highest BCUT2D eigenvalue weighted by molar-refractivity contribution is 5.79. The molecule has 0 aromatic carbocycles. The molecule has 1 N–H and O–H groups in total. The summed E-state index contributed by atoms with van der Waals surface area (Å²) in [5, 5.41) is 3.67. The van der Waals surface area contributed by atoms with Crippen LogP contribution in [0.25, 0.3) is 0 Å². The van der Waals surface area contributed by atoms with Crippen molar-refractivity contribution in [2.75, 3.05) is 19.8 Å². The molecule has 3 aliphatic rings. The average molecular weight is 458 g/mol. The fourth-order valence-corrected chi connectivity index (χ4v) is 4.59. The van der Waals surface area contributed by atoms with Crippen LogP contribution in [0.2, 0.25) is 0 Å². The number of carbonyl (C=O) groups excluding carboxylic acids is 1. The zero-order chi connectivity index (χ0) is 23.1. The van der Waals surface area contributed by atoms with Gasteiger partial charge in [-0.1, -0.05) is 20.3 Å². The van der Waals surface area contributed by atoms with E-state index in [0.29, 0.717) is 30.6 Å². The van der Waals surface area contributed by atoms with Crippen LogP contribution in [0.4, 0.5) is 13.2 Å². The molecule has 2 unspecified atom stereocenters. The number of halogens is 3. The molecule has 0 radical (unpaired) electrons. The maximum Gasteiger partial charge on any atom is 0.573 e. The Bertz CT molecular complexity index is 754. The maximum atomic E-state index is 13.0. The number of hydrogen-bond donors (Lipinski definition) is 1. The van der Waals surface area contributed by atoms with Gasteiger partial charge in [-0.25, -0.2) is 0 Å². The Balaban J connectivity index is 0.000000913. The number of fused-ring (bicyclic) bond motifs is 1. The summed E-state index contributed by atoms with van der Waals surface area (Å²) >= 11 is 0. The fraction of sp³-hybridized carbons (Fsp3) is 0.739. The second kappa shape index (κ2) is 11.3. The topological polar surface area (TPSA) is 63.7 Å². The van der Waals surface area contributed by atoms with Crippen molar-refractivity contribution in [3.8, 4) is 5.75 Å². The highest BCUT2D eigenvalue weighted by Gasteiger charge is 2.35. The van der Waals surface area contributed by atoms with Gasteiger partial charge in [-0.15, -0.1) is 13.2 Å². The van der Waals surface area contributed by atoms with E-state index in [1.54, 1.807) is 4.90 Å². The summed E-state index contributed by atoms with van der Waals surface area (Å²) in [4.78, 5) is 18.8. The number of nitrogens with zero attached hydrogens (tertiary/aromatic N) is 2. The number of rotatable bonds is 4. The van der Waals surface area contributed by atoms with Crippen molar-refractivity contribution in [3.63, 3.8) is 0 Å². The van der Waals surface area contributed by atoms with Crippen LogP contribution in [-0.2, 0) is 22.5 Å². The average Bonchev–Trinajstić information content (AvgIpc) is 3.21. The van der Waals surface area contributed by atoms with Crippen LogP contribution >= 0.6 is 0 Å². The molecule has 3 heterocycles. The summed E-state index contributed by atoms with van der Waals surface area (Å²) < 4.78 is 46.7. The van der Waals surface area contributed by atoms with Crippen molar-refractivity contribution >= 4 is 5.91 Å². The molecule has 0 spiro atoms. The molecule has 2 aliphatic heterocycles. The quantitative estimate of drug-likeness (QED) is 0.734. The molecule has 1 aromatic rings. The van der Waals surface area contributed by atoms with Crippen molar-refractivity contribution in [1.82, 2.24) is 15.2 Å². The molecule has 1 amide bonds. The van der Waals surface area contributed by atoms with Crippen LogP contribution in [0.15, 0.2) is 12.3 Å². The number of alkyl halides is 3. The smallest absolute Gasteiger partial charge is 0.404 e. The first-order valence-electron chi connectivity index (χ1n) is 11.6. The minimum atomic E-state index is -4.75. The molecule has 0 bridgehead atoms. The molecule has 32 heavy (non-hydrogen) atoms. The molecule has 180 valence electrons. The number of amides is 1. The normalized spacial score (nSPS) is 23.8. The zero-order valence-electron chi connectivity index (χ0n) is 18.9. The first-order chi connectivity index (χ1) is 15.3. The molecule has 1 saturated carbocycles. The van der Waals surface area contributed by atoms with Crippen LogP contribution in [0.5, 0.6) is 5.75 Å². The molecule has 1 aliphatic carbocycles. The van der Waals surface area contributed by atoms with Crippen molar-refractivity contribution in [2.24, 2.45) is 5.92 Å². The van der Waals surface area contributed by atoms with Gasteiger partial charge < -0.3 is 19.7 Å².